The first-order chi connectivity index (χ1) is 15.7. The van der Waals surface area contributed by atoms with E-state index in [1.807, 2.05) is 36.4 Å². The van der Waals surface area contributed by atoms with Crippen molar-refractivity contribution in [2.24, 2.45) is 0 Å². The normalized spacial score (nSPS) is 14.5. The van der Waals surface area contributed by atoms with Crippen molar-refractivity contribution in [3.05, 3.63) is 88.4 Å². The Morgan fingerprint density at radius 1 is 0.969 bits per heavy atom. The zero-order chi connectivity index (χ0) is 21.9. The Bertz CT molecular complexity index is 1300. The number of amides is 1. The summed E-state index contributed by atoms with van der Waals surface area (Å²) in [5, 5.41) is 2.92. The number of oxazole rings is 1. The molecule has 2 heterocycles. The predicted molar refractivity (Wildman–Crippen MR) is 126 cm³/mol. The molecule has 6 heteroatoms. The predicted octanol–water partition coefficient (Wildman–Crippen LogP) is 5.03. The molecule has 0 saturated carbocycles. The quantitative estimate of drug-likeness (QED) is 0.468. The zero-order valence-electron chi connectivity index (χ0n) is 17.8. The molecular weight excluding hydrogens is 402 g/mol. The number of carbonyl (C=O) groups is 1. The van der Waals surface area contributed by atoms with Crippen LogP contribution in [0.4, 0.5) is 5.69 Å². The molecule has 5 rings (SSSR count). The van der Waals surface area contributed by atoms with Crippen LogP contribution < -0.4 is 11.1 Å². The smallest absolute Gasteiger partial charge is 0.408 e. The van der Waals surface area contributed by atoms with Crippen molar-refractivity contribution in [2.75, 3.05) is 18.4 Å². The van der Waals surface area contributed by atoms with Gasteiger partial charge >= 0.3 is 5.76 Å². The molecule has 1 aliphatic rings. The molecule has 4 aromatic rings. The lowest BCUT2D eigenvalue weighted by molar-refractivity contribution is 0.102. The Labute approximate surface area is 185 Å². The van der Waals surface area contributed by atoms with Crippen molar-refractivity contribution in [1.82, 2.24) is 9.88 Å². The fraction of sp³-hybridized carbons (Fsp3) is 0.231. The summed E-state index contributed by atoms with van der Waals surface area (Å²) in [4.78, 5) is 29.5. The van der Waals surface area contributed by atoms with Crippen molar-refractivity contribution < 1.29 is 9.21 Å². The Hall–Kier alpha value is -3.64. The van der Waals surface area contributed by atoms with Crippen molar-refractivity contribution in [2.45, 2.75) is 25.8 Å². The number of nitrogens with zero attached hydrogens (tertiary/aromatic N) is 1. The maximum Gasteiger partial charge on any atom is 0.417 e. The van der Waals surface area contributed by atoms with Crippen molar-refractivity contribution >= 4 is 22.7 Å². The van der Waals surface area contributed by atoms with E-state index in [1.54, 1.807) is 18.2 Å². The van der Waals surface area contributed by atoms with Gasteiger partial charge in [0.05, 0.1) is 5.52 Å². The van der Waals surface area contributed by atoms with Crippen LogP contribution in [0.25, 0.3) is 22.2 Å². The molecule has 0 bridgehead atoms. The molecule has 1 aromatic heterocycles. The monoisotopic (exact) mass is 427 g/mol. The van der Waals surface area contributed by atoms with Crippen LogP contribution in [0.3, 0.4) is 0 Å². The Balaban J connectivity index is 1.43. The Kier molecular flexibility index (Phi) is 5.60. The summed E-state index contributed by atoms with van der Waals surface area (Å²) in [6.45, 7) is 3.00. The highest BCUT2D eigenvalue weighted by Crippen LogP contribution is 2.27. The minimum atomic E-state index is -0.512. The average Bonchev–Trinajstić information content (AvgIpc) is 3.19. The van der Waals surface area contributed by atoms with Gasteiger partial charge in [0.15, 0.2) is 5.58 Å². The zero-order valence-corrected chi connectivity index (χ0v) is 17.8. The largest absolute Gasteiger partial charge is 0.417 e. The molecule has 0 aliphatic carbocycles. The molecule has 1 amide bonds. The highest BCUT2D eigenvalue weighted by atomic mass is 16.4. The van der Waals surface area contributed by atoms with Crippen molar-refractivity contribution in [3.8, 4) is 11.1 Å². The first-order valence-electron chi connectivity index (χ1n) is 11.0. The summed E-state index contributed by atoms with van der Waals surface area (Å²) >= 11 is 0. The SMILES string of the molecule is O=C(Nc1ccc2[nH]c(=O)oc2c1)c1ccc(-c2ccccc2)c(CN2CCCCC2)c1. The highest BCUT2D eigenvalue weighted by Gasteiger charge is 2.16. The molecule has 32 heavy (non-hydrogen) atoms. The molecule has 6 nitrogen and oxygen atoms in total. The van der Waals surface area contributed by atoms with E-state index in [4.69, 9.17) is 4.42 Å². The van der Waals surface area contributed by atoms with Gasteiger partial charge in [0.1, 0.15) is 0 Å². The molecule has 1 fully saturated rings. The van der Waals surface area contributed by atoms with E-state index < -0.39 is 5.76 Å². The van der Waals surface area contributed by atoms with Crippen LogP contribution in [0.15, 0.2) is 75.9 Å². The van der Waals surface area contributed by atoms with Crippen LogP contribution in [0.1, 0.15) is 35.2 Å². The van der Waals surface area contributed by atoms with Gasteiger partial charge in [-0.25, -0.2) is 4.79 Å². The van der Waals surface area contributed by atoms with E-state index in [9.17, 15) is 9.59 Å². The van der Waals surface area contributed by atoms with Gasteiger partial charge in [-0.05, 0) is 66.9 Å². The third-order valence-electron chi connectivity index (χ3n) is 5.97. The number of benzene rings is 3. The summed E-state index contributed by atoms with van der Waals surface area (Å²) in [6, 6.07) is 21.3. The van der Waals surface area contributed by atoms with E-state index in [-0.39, 0.29) is 5.91 Å². The maximum absolute atomic E-state index is 13.0. The number of likely N-dealkylation sites (tertiary alicyclic amines) is 1. The number of nitrogens with one attached hydrogen (secondary N) is 2. The van der Waals surface area contributed by atoms with Gasteiger partial charge in [0.2, 0.25) is 0 Å². The molecule has 162 valence electrons. The number of carbonyl (C=O) groups excluding carboxylic acids is 1. The number of aromatic amines is 1. The number of H-pyrrole nitrogens is 1. The van der Waals surface area contributed by atoms with Crippen LogP contribution in [0, 0.1) is 0 Å². The van der Waals surface area contributed by atoms with Crippen LogP contribution in [-0.4, -0.2) is 28.9 Å². The molecule has 0 atom stereocenters. The van der Waals surface area contributed by atoms with Crippen molar-refractivity contribution in [1.29, 1.82) is 0 Å². The molecule has 2 N–H and O–H groups in total. The van der Waals surface area contributed by atoms with E-state index in [0.29, 0.717) is 22.4 Å². The lowest BCUT2D eigenvalue weighted by Gasteiger charge is -2.27. The van der Waals surface area contributed by atoms with Gasteiger partial charge in [-0.15, -0.1) is 0 Å². The Morgan fingerprint density at radius 3 is 2.59 bits per heavy atom. The highest BCUT2D eigenvalue weighted by molar-refractivity contribution is 6.05. The van der Waals surface area contributed by atoms with Crippen LogP contribution >= 0.6 is 0 Å². The van der Waals surface area contributed by atoms with Gasteiger partial charge in [-0.3, -0.25) is 14.7 Å². The summed E-state index contributed by atoms with van der Waals surface area (Å²) in [5.41, 5.74) is 5.66. The summed E-state index contributed by atoms with van der Waals surface area (Å²) in [7, 11) is 0. The first-order valence-corrected chi connectivity index (χ1v) is 11.0. The van der Waals surface area contributed by atoms with Crippen LogP contribution in [0.2, 0.25) is 0 Å². The standard InChI is InChI=1S/C26H25N3O3/c30-25(27-21-10-12-23-24(16-21)32-26(31)28-23)19-9-11-22(18-7-3-1-4-8-18)20(15-19)17-29-13-5-2-6-14-29/h1,3-4,7-12,15-16H,2,5-6,13-14,17H2,(H,27,30)(H,28,31). The first kappa shape index (κ1) is 20.3. The van der Waals surface area contributed by atoms with E-state index in [1.165, 1.54) is 19.3 Å². The number of aromatic nitrogens is 1. The molecule has 1 aliphatic heterocycles. The number of piperidine rings is 1. The number of hydrogen-bond acceptors (Lipinski definition) is 4. The molecule has 0 unspecified atom stereocenters. The summed E-state index contributed by atoms with van der Waals surface area (Å²) in [6.07, 6.45) is 3.73. The second-order valence-electron chi connectivity index (χ2n) is 8.25. The lowest BCUT2D eigenvalue weighted by atomic mass is 9.96. The average molecular weight is 428 g/mol. The third kappa shape index (κ3) is 4.36. The summed E-state index contributed by atoms with van der Waals surface area (Å²) in [5.74, 6) is -0.705. The Morgan fingerprint density at radius 2 is 1.78 bits per heavy atom. The molecule has 1 saturated heterocycles. The second-order valence-corrected chi connectivity index (χ2v) is 8.25. The minimum absolute atomic E-state index is 0.193. The molecular formula is C26H25N3O3. The minimum Gasteiger partial charge on any atom is -0.408 e. The third-order valence-corrected chi connectivity index (χ3v) is 5.97. The van der Waals surface area contributed by atoms with E-state index in [2.05, 4.69) is 27.3 Å². The van der Waals surface area contributed by atoms with Gasteiger partial charge in [-0.2, -0.15) is 0 Å². The van der Waals surface area contributed by atoms with E-state index >= 15 is 0 Å². The number of fused-ring (bicyclic) bond motifs is 1. The van der Waals surface area contributed by atoms with Gasteiger partial charge in [0.25, 0.3) is 5.91 Å². The molecule has 0 radical (unpaired) electrons. The van der Waals surface area contributed by atoms with Crippen LogP contribution in [0.5, 0.6) is 0 Å². The van der Waals surface area contributed by atoms with Gasteiger partial charge in [0, 0.05) is 23.9 Å². The maximum atomic E-state index is 13.0. The number of hydrogen-bond donors (Lipinski definition) is 2. The molecule has 0 spiro atoms. The van der Waals surface area contributed by atoms with Gasteiger partial charge < -0.3 is 9.73 Å². The second kappa shape index (κ2) is 8.85. The lowest BCUT2D eigenvalue weighted by Crippen LogP contribution is -2.29. The molecule has 3 aromatic carbocycles. The van der Waals surface area contributed by atoms with Gasteiger partial charge in [-0.1, -0.05) is 42.8 Å². The van der Waals surface area contributed by atoms with E-state index in [0.717, 1.165) is 36.3 Å². The summed E-state index contributed by atoms with van der Waals surface area (Å²) < 4.78 is 5.10. The fourth-order valence-corrected chi connectivity index (χ4v) is 4.35. The topological polar surface area (TPSA) is 78.3 Å². The fourth-order valence-electron chi connectivity index (χ4n) is 4.35. The number of rotatable bonds is 5. The van der Waals surface area contributed by atoms with Crippen molar-refractivity contribution in [3.63, 3.8) is 0 Å². The van der Waals surface area contributed by atoms with Crippen LogP contribution in [-0.2, 0) is 6.54 Å². The number of anilines is 1.